The van der Waals surface area contributed by atoms with E-state index in [0.717, 1.165) is 4.47 Å². The Bertz CT molecular complexity index is 393. The van der Waals surface area contributed by atoms with E-state index in [9.17, 15) is 8.42 Å². The van der Waals surface area contributed by atoms with Gasteiger partial charge in [-0.25, -0.2) is 8.42 Å². The molecule has 0 aromatic heterocycles. The highest BCUT2D eigenvalue weighted by atomic mass is 35.5. The third-order valence-electron chi connectivity index (χ3n) is 1.68. The van der Waals surface area contributed by atoms with E-state index in [1.807, 2.05) is 0 Å². The summed E-state index contributed by atoms with van der Waals surface area (Å²) in [4.78, 5) is 5.09. The highest BCUT2D eigenvalue weighted by molar-refractivity contribution is 7.89. The first-order valence-corrected chi connectivity index (χ1v) is 6.37. The molecule has 1 aromatic carbocycles. The Morgan fingerprint density at radius 1 is 1.33 bits per heavy atom. The van der Waals surface area contributed by atoms with Crippen molar-refractivity contribution in [3.05, 3.63) is 30.3 Å². The van der Waals surface area contributed by atoms with E-state index in [2.05, 4.69) is 0 Å². The smallest absolute Gasteiger partial charge is 0.266 e. The van der Waals surface area contributed by atoms with E-state index < -0.39 is 10.0 Å². The molecule has 0 aliphatic rings. The number of rotatable bonds is 5. The minimum absolute atomic E-state index is 0.166. The molecule has 4 nitrogen and oxygen atoms in total. The zero-order chi connectivity index (χ0) is 11.3. The van der Waals surface area contributed by atoms with Gasteiger partial charge in [0.25, 0.3) is 10.0 Å². The summed E-state index contributed by atoms with van der Waals surface area (Å²) < 4.78 is 24.5. The first-order chi connectivity index (χ1) is 7.12. The van der Waals surface area contributed by atoms with E-state index in [-0.39, 0.29) is 17.5 Å². The van der Waals surface area contributed by atoms with Gasteiger partial charge in [0.2, 0.25) is 0 Å². The minimum atomic E-state index is -3.63. The molecule has 0 saturated carbocycles. The van der Waals surface area contributed by atoms with Gasteiger partial charge in [-0.1, -0.05) is 22.7 Å². The van der Waals surface area contributed by atoms with Crippen LogP contribution in [0.5, 0.6) is 0 Å². The molecule has 0 N–H and O–H groups in total. The Labute approximate surface area is 94.4 Å². The zero-order valence-electron chi connectivity index (χ0n) is 8.26. The molecular weight excluding hydrogens is 238 g/mol. The van der Waals surface area contributed by atoms with Crippen LogP contribution in [0.2, 0.25) is 0 Å². The lowest BCUT2D eigenvalue weighted by Crippen LogP contribution is -2.30. The number of halogens is 1. The monoisotopic (exact) mass is 249 g/mol. The highest BCUT2D eigenvalue weighted by Gasteiger charge is 2.23. The largest absolute Gasteiger partial charge is 0.283 e. The zero-order valence-corrected chi connectivity index (χ0v) is 9.83. The summed E-state index contributed by atoms with van der Waals surface area (Å²) in [5.74, 6) is 0. The van der Waals surface area contributed by atoms with Gasteiger partial charge in [0, 0.05) is 0 Å². The second kappa shape index (κ2) is 5.46. The number of nitrogens with zero attached hydrogens (tertiary/aromatic N) is 1. The summed E-state index contributed by atoms with van der Waals surface area (Å²) in [5.41, 5.74) is 0. The van der Waals surface area contributed by atoms with Crippen molar-refractivity contribution >= 4 is 21.6 Å². The first-order valence-electron chi connectivity index (χ1n) is 4.39. The second-order valence-electron chi connectivity index (χ2n) is 2.66. The molecule has 0 aliphatic carbocycles. The molecule has 0 aliphatic heterocycles. The van der Waals surface area contributed by atoms with Crippen LogP contribution >= 0.6 is 11.6 Å². The average Bonchev–Trinajstić information content (AvgIpc) is 2.27. The number of benzene rings is 1. The molecule has 0 spiro atoms. The van der Waals surface area contributed by atoms with Gasteiger partial charge in [0.05, 0.1) is 11.5 Å². The number of sulfonamides is 1. The first kappa shape index (κ1) is 12.4. The average molecular weight is 250 g/mol. The third kappa shape index (κ3) is 2.92. The van der Waals surface area contributed by atoms with Crippen molar-refractivity contribution in [2.75, 3.05) is 12.6 Å². The predicted octanol–water partition coefficient (Wildman–Crippen LogP) is 1.83. The van der Waals surface area contributed by atoms with Crippen LogP contribution in [0, 0.1) is 0 Å². The fraction of sp³-hybridized carbons (Fsp3) is 0.333. The van der Waals surface area contributed by atoms with Gasteiger partial charge in [0.1, 0.15) is 6.00 Å². The van der Waals surface area contributed by atoms with Gasteiger partial charge in [-0.15, -0.1) is 11.6 Å². The van der Waals surface area contributed by atoms with Gasteiger partial charge in [-0.3, -0.25) is 4.84 Å². The molecule has 15 heavy (non-hydrogen) atoms. The van der Waals surface area contributed by atoms with Crippen molar-refractivity contribution in [1.82, 2.24) is 4.47 Å². The van der Waals surface area contributed by atoms with E-state index >= 15 is 0 Å². The van der Waals surface area contributed by atoms with E-state index in [0.29, 0.717) is 0 Å². The van der Waals surface area contributed by atoms with Gasteiger partial charge < -0.3 is 0 Å². The Morgan fingerprint density at radius 2 is 1.93 bits per heavy atom. The minimum Gasteiger partial charge on any atom is -0.283 e. The topological polar surface area (TPSA) is 46.6 Å². The maximum atomic E-state index is 11.9. The summed E-state index contributed by atoms with van der Waals surface area (Å²) in [6.07, 6.45) is 0. The van der Waals surface area contributed by atoms with E-state index in [4.69, 9.17) is 16.4 Å². The fourth-order valence-corrected chi connectivity index (χ4v) is 2.59. The van der Waals surface area contributed by atoms with Crippen molar-refractivity contribution in [1.29, 1.82) is 0 Å². The van der Waals surface area contributed by atoms with Crippen LogP contribution in [0.15, 0.2) is 35.2 Å². The predicted molar refractivity (Wildman–Crippen MR) is 57.8 cm³/mol. The molecule has 0 unspecified atom stereocenters. The maximum Gasteiger partial charge on any atom is 0.266 e. The van der Waals surface area contributed by atoms with Gasteiger partial charge in [-0.2, -0.15) is 0 Å². The molecule has 0 atom stereocenters. The summed E-state index contributed by atoms with van der Waals surface area (Å²) in [6, 6.07) is 7.79. The van der Waals surface area contributed by atoms with Crippen molar-refractivity contribution in [3.8, 4) is 0 Å². The third-order valence-corrected chi connectivity index (χ3v) is 3.68. The molecule has 0 fully saturated rings. The van der Waals surface area contributed by atoms with Crippen molar-refractivity contribution in [3.63, 3.8) is 0 Å². The van der Waals surface area contributed by atoms with Crippen molar-refractivity contribution in [2.45, 2.75) is 11.8 Å². The molecule has 0 amide bonds. The van der Waals surface area contributed by atoms with Gasteiger partial charge in [0.15, 0.2) is 0 Å². The summed E-state index contributed by atoms with van der Waals surface area (Å²) in [5, 5.41) is 0. The molecule has 0 bridgehead atoms. The summed E-state index contributed by atoms with van der Waals surface area (Å²) >= 11 is 5.50. The van der Waals surface area contributed by atoms with Crippen molar-refractivity contribution < 1.29 is 13.3 Å². The van der Waals surface area contributed by atoms with Gasteiger partial charge >= 0.3 is 0 Å². The standard InChI is InChI=1S/C9H12ClNO3S/c1-2-14-11(8-10)15(12,13)9-6-4-3-5-7-9/h3-7H,2,8H2,1H3. The van der Waals surface area contributed by atoms with Crippen LogP contribution in [0.3, 0.4) is 0 Å². The Balaban J connectivity index is 3.01. The Kier molecular flexibility index (Phi) is 4.53. The molecule has 1 rings (SSSR count). The molecule has 6 heteroatoms. The highest BCUT2D eigenvalue weighted by Crippen LogP contribution is 2.15. The Hall–Kier alpha value is -0.620. The lowest BCUT2D eigenvalue weighted by molar-refractivity contribution is -0.0644. The SMILES string of the molecule is CCON(CCl)S(=O)(=O)c1ccccc1. The Morgan fingerprint density at radius 3 is 2.40 bits per heavy atom. The number of hydroxylamine groups is 1. The van der Waals surface area contributed by atoms with Crippen molar-refractivity contribution in [2.24, 2.45) is 0 Å². The van der Waals surface area contributed by atoms with Crippen LogP contribution < -0.4 is 0 Å². The molecule has 0 saturated heterocycles. The lowest BCUT2D eigenvalue weighted by Gasteiger charge is -2.17. The van der Waals surface area contributed by atoms with Crippen LogP contribution in [0.1, 0.15) is 6.92 Å². The fourth-order valence-electron chi connectivity index (χ4n) is 1.02. The second-order valence-corrected chi connectivity index (χ2v) is 4.73. The number of hydrogen-bond acceptors (Lipinski definition) is 3. The van der Waals surface area contributed by atoms with Crippen LogP contribution in [0.25, 0.3) is 0 Å². The van der Waals surface area contributed by atoms with Crippen LogP contribution in [-0.2, 0) is 14.9 Å². The molecule has 0 radical (unpaired) electrons. The summed E-state index contributed by atoms with van der Waals surface area (Å²) in [6.45, 7) is 1.94. The summed E-state index contributed by atoms with van der Waals surface area (Å²) in [7, 11) is -3.63. The lowest BCUT2D eigenvalue weighted by atomic mass is 10.4. The molecule has 0 heterocycles. The van der Waals surface area contributed by atoms with Crippen LogP contribution in [-0.4, -0.2) is 25.5 Å². The molecular formula is C9H12ClNO3S. The molecule has 1 aromatic rings. The number of alkyl halides is 1. The van der Waals surface area contributed by atoms with E-state index in [1.54, 1.807) is 25.1 Å². The normalized spacial score (nSPS) is 11.9. The maximum absolute atomic E-state index is 11.9. The van der Waals surface area contributed by atoms with Gasteiger partial charge in [-0.05, 0) is 19.1 Å². The number of hydrogen-bond donors (Lipinski definition) is 0. The quantitative estimate of drug-likeness (QED) is 0.454. The van der Waals surface area contributed by atoms with E-state index in [1.165, 1.54) is 12.1 Å². The molecule has 84 valence electrons. The van der Waals surface area contributed by atoms with Crippen LogP contribution in [0.4, 0.5) is 0 Å².